The van der Waals surface area contributed by atoms with Crippen molar-refractivity contribution in [2.24, 2.45) is 17.6 Å². The van der Waals surface area contributed by atoms with Gasteiger partial charge in [0.15, 0.2) is 0 Å². The number of carbonyl (C=O) groups is 1. The number of benzene rings is 1. The summed E-state index contributed by atoms with van der Waals surface area (Å²) in [7, 11) is 1.72. The van der Waals surface area contributed by atoms with Gasteiger partial charge in [-0.1, -0.05) is 25.1 Å². The molecule has 2 rings (SSSR count). The number of amides is 1. The second-order valence-electron chi connectivity index (χ2n) is 5.92. The van der Waals surface area contributed by atoms with Gasteiger partial charge in [-0.25, -0.2) is 0 Å². The number of ether oxygens (including phenoxy) is 1. The summed E-state index contributed by atoms with van der Waals surface area (Å²) in [5.74, 6) is 1.73. The van der Waals surface area contributed by atoms with Crippen LogP contribution in [0.1, 0.15) is 25.3 Å². The Hall–Kier alpha value is -1.26. The molecule has 1 saturated heterocycles. The fourth-order valence-corrected chi connectivity index (χ4v) is 2.95. The summed E-state index contributed by atoms with van der Waals surface area (Å²) < 4.78 is 5.41. The summed E-state index contributed by atoms with van der Waals surface area (Å²) in [5.41, 5.74) is 6.84. The van der Waals surface area contributed by atoms with Crippen LogP contribution in [0.2, 0.25) is 0 Å². The lowest BCUT2D eigenvalue weighted by Crippen LogP contribution is -2.43. The Morgan fingerprint density at radius 1 is 1.36 bits per heavy atom. The largest absolute Gasteiger partial charge is 0.496 e. The molecular weight excluding hydrogens is 300 g/mol. The first-order chi connectivity index (χ1) is 10.2. The minimum atomic E-state index is -0.0595. The molecule has 1 aliphatic heterocycles. The Morgan fingerprint density at radius 3 is 2.59 bits per heavy atom. The molecular formula is C17H27ClN2O2. The molecule has 0 radical (unpaired) electrons. The van der Waals surface area contributed by atoms with Crippen LogP contribution in [0.15, 0.2) is 24.3 Å². The Labute approximate surface area is 139 Å². The Bertz CT molecular complexity index is 473. The van der Waals surface area contributed by atoms with E-state index in [-0.39, 0.29) is 24.2 Å². The van der Waals surface area contributed by atoms with Crippen molar-refractivity contribution in [2.45, 2.75) is 26.2 Å². The smallest absolute Gasteiger partial charge is 0.226 e. The number of hydrogen-bond acceptors (Lipinski definition) is 3. The van der Waals surface area contributed by atoms with E-state index >= 15 is 0 Å². The van der Waals surface area contributed by atoms with Crippen LogP contribution < -0.4 is 10.5 Å². The molecule has 0 aliphatic carbocycles. The van der Waals surface area contributed by atoms with E-state index in [1.807, 2.05) is 24.0 Å². The number of likely N-dealkylation sites (tertiary alicyclic amines) is 1. The van der Waals surface area contributed by atoms with Crippen molar-refractivity contribution in [3.63, 3.8) is 0 Å². The van der Waals surface area contributed by atoms with Crippen LogP contribution in [0.25, 0.3) is 0 Å². The van der Waals surface area contributed by atoms with Crippen LogP contribution in [0.3, 0.4) is 0 Å². The predicted octanol–water partition coefficient (Wildman–Crippen LogP) is 2.49. The van der Waals surface area contributed by atoms with Gasteiger partial charge in [-0.15, -0.1) is 12.4 Å². The predicted molar refractivity (Wildman–Crippen MR) is 91.5 cm³/mol. The number of nitrogens with two attached hydrogens (primary N) is 1. The molecule has 1 unspecified atom stereocenters. The molecule has 0 aromatic heterocycles. The standard InChI is InChI=1S/C17H26N2O2.ClH/c1-13(12-18)17(20)19-9-7-14(8-10-19)11-15-5-3-4-6-16(15)21-2;/h3-6,13-14H,7-12,18H2,1-2H3;1H. The third-order valence-corrected chi connectivity index (χ3v) is 4.40. The number of carbonyl (C=O) groups excluding carboxylic acids is 1. The average Bonchev–Trinajstić information content (AvgIpc) is 2.54. The van der Waals surface area contributed by atoms with E-state index in [1.54, 1.807) is 7.11 Å². The number of piperidine rings is 1. The molecule has 1 aromatic carbocycles. The van der Waals surface area contributed by atoms with Crippen LogP contribution in [-0.2, 0) is 11.2 Å². The summed E-state index contributed by atoms with van der Waals surface area (Å²) in [6.07, 6.45) is 3.14. The van der Waals surface area contributed by atoms with Crippen LogP contribution in [0.5, 0.6) is 5.75 Å². The molecule has 124 valence electrons. The number of hydrogen-bond donors (Lipinski definition) is 1. The molecule has 5 heteroatoms. The number of para-hydroxylation sites is 1. The first-order valence-electron chi connectivity index (χ1n) is 7.76. The zero-order chi connectivity index (χ0) is 15.2. The topological polar surface area (TPSA) is 55.6 Å². The quantitative estimate of drug-likeness (QED) is 0.904. The normalized spacial score (nSPS) is 16.8. The minimum absolute atomic E-state index is 0. The third-order valence-electron chi connectivity index (χ3n) is 4.40. The monoisotopic (exact) mass is 326 g/mol. The molecule has 4 nitrogen and oxygen atoms in total. The summed E-state index contributed by atoms with van der Waals surface area (Å²) in [6, 6.07) is 8.20. The van der Waals surface area contributed by atoms with E-state index in [0.717, 1.165) is 38.1 Å². The highest BCUT2D eigenvalue weighted by atomic mass is 35.5. The van der Waals surface area contributed by atoms with Crippen molar-refractivity contribution in [3.8, 4) is 5.75 Å². The number of methoxy groups -OCH3 is 1. The van der Waals surface area contributed by atoms with Crippen molar-refractivity contribution in [1.82, 2.24) is 4.90 Å². The highest BCUT2D eigenvalue weighted by Gasteiger charge is 2.25. The molecule has 1 heterocycles. The summed E-state index contributed by atoms with van der Waals surface area (Å²) >= 11 is 0. The van der Waals surface area contributed by atoms with Gasteiger partial charge in [0.1, 0.15) is 5.75 Å². The molecule has 0 saturated carbocycles. The molecule has 1 atom stereocenters. The van der Waals surface area contributed by atoms with Crippen molar-refractivity contribution in [1.29, 1.82) is 0 Å². The van der Waals surface area contributed by atoms with E-state index in [9.17, 15) is 4.79 Å². The lowest BCUT2D eigenvalue weighted by Gasteiger charge is -2.33. The van der Waals surface area contributed by atoms with E-state index in [4.69, 9.17) is 10.5 Å². The summed E-state index contributed by atoms with van der Waals surface area (Å²) in [5, 5.41) is 0. The van der Waals surface area contributed by atoms with E-state index in [1.165, 1.54) is 5.56 Å². The van der Waals surface area contributed by atoms with Gasteiger partial charge in [-0.3, -0.25) is 4.79 Å². The molecule has 1 aromatic rings. The van der Waals surface area contributed by atoms with Crippen LogP contribution in [0.4, 0.5) is 0 Å². The SMILES string of the molecule is COc1ccccc1CC1CCN(C(=O)C(C)CN)CC1.Cl. The summed E-state index contributed by atoms with van der Waals surface area (Å²) in [4.78, 5) is 14.1. The van der Waals surface area contributed by atoms with E-state index in [2.05, 4.69) is 12.1 Å². The maximum atomic E-state index is 12.1. The second kappa shape index (κ2) is 9.01. The van der Waals surface area contributed by atoms with Gasteiger partial charge in [0.2, 0.25) is 5.91 Å². The highest BCUT2D eigenvalue weighted by molar-refractivity contribution is 5.85. The zero-order valence-corrected chi connectivity index (χ0v) is 14.3. The van der Waals surface area contributed by atoms with Gasteiger partial charge in [0.05, 0.1) is 7.11 Å². The van der Waals surface area contributed by atoms with Crippen molar-refractivity contribution >= 4 is 18.3 Å². The van der Waals surface area contributed by atoms with Gasteiger partial charge >= 0.3 is 0 Å². The minimum Gasteiger partial charge on any atom is -0.496 e. The number of rotatable bonds is 5. The number of nitrogens with zero attached hydrogens (tertiary/aromatic N) is 1. The molecule has 2 N–H and O–H groups in total. The first kappa shape index (κ1) is 18.8. The molecule has 0 spiro atoms. The molecule has 1 aliphatic rings. The number of halogens is 1. The van der Waals surface area contributed by atoms with Crippen molar-refractivity contribution in [3.05, 3.63) is 29.8 Å². The maximum absolute atomic E-state index is 12.1. The Kier molecular flexibility index (Phi) is 7.69. The van der Waals surface area contributed by atoms with Gasteiger partial charge in [0, 0.05) is 25.6 Å². The molecule has 22 heavy (non-hydrogen) atoms. The third kappa shape index (κ3) is 4.62. The molecule has 1 fully saturated rings. The molecule has 0 bridgehead atoms. The fraction of sp³-hybridized carbons (Fsp3) is 0.588. The lowest BCUT2D eigenvalue weighted by atomic mass is 9.89. The lowest BCUT2D eigenvalue weighted by molar-refractivity contribution is -0.136. The highest BCUT2D eigenvalue weighted by Crippen LogP contribution is 2.27. The van der Waals surface area contributed by atoms with E-state index in [0.29, 0.717) is 12.5 Å². The second-order valence-corrected chi connectivity index (χ2v) is 5.92. The van der Waals surface area contributed by atoms with Gasteiger partial charge < -0.3 is 15.4 Å². The van der Waals surface area contributed by atoms with Crippen molar-refractivity contribution in [2.75, 3.05) is 26.7 Å². The van der Waals surface area contributed by atoms with Crippen LogP contribution in [-0.4, -0.2) is 37.6 Å². The van der Waals surface area contributed by atoms with Gasteiger partial charge in [-0.2, -0.15) is 0 Å². The van der Waals surface area contributed by atoms with Crippen LogP contribution >= 0.6 is 12.4 Å². The fourth-order valence-electron chi connectivity index (χ4n) is 2.95. The van der Waals surface area contributed by atoms with Crippen molar-refractivity contribution < 1.29 is 9.53 Å². The Morgan fingerprint density at radius 2 is 2.00 bits per heavy atom. The van der Waals surface area contributed by atoms with E-state index < -0.39 is 0 Å². The van der Waals surface area contributed by atoms with Gasteiger partial charge in [-0.05, 0) is 36.8 Å². The maximum Gasteiger partial charge on any atom is 0.226 e. The van der Waals surface area contributed by atoms with Gasteiger partial charge in [0.25, 0.3) is 0 Å². The average molecular weight is 327 g/mol. The first-order valence-corrected chi connectivity index (χ1v) is 7.76. The molecule has 1 amide bonds. The zero-order valence-electron chi connectivity index (χ0n) is 13.5. The van der Waals surface area contributed by atoms with Crippen LogP contribution in [0, 0.1) is 11.8 Å². The summed E-state index contributed by atoms with van der Waals surface area (Å²) in [6.45, 7) is 4.04. The Balaban J connectivity index is 0.00000242.